The van der Waals surface area contributed by atoms with Gasteiger partial charge in [0.1, 0.15) is 18.3 Å². The molecular weight excluding hydrogens is 456 g/mol. The largest absolute Gasteiger partial charge is 0.479 e. The summed E-state index contributed by atoms with van der Waals surface area (Å²) in [6.07, 6.45) is -6.43. The lowest BCUT2D eigenvalue weighted by atomic mass is 9.98. The standard InChI is InChI=1S/C24H30N4O7/c1-3-9-28-10-8-12(11-28)16-15-13-6-4-5-7-14(13)22(25-21(15)27(2)26-16)35-24-19(31)17(29)18(30)20(34-24)23(32)33/h4-7,12,17-20,24,29-31H,3,8-11H2,1-2H3,(H,32,33)/t12?,17-,18-,19+,20-,24-/m0/s1. The number of carboxylic acid groups (broad SMARTS) is 1. The van der Waals surface area contributed by atoms with Gasteiger partial charge in [0.05, 0.1) is 11.1 Å². The maximum absolute atomic E-state index is 11.5. The number of fused-ring (bicyclic) bond motifs is 3. The lowest BCUT2D eigenvalue weighted by Gasteiger charge is -2.38. The third-order valence-corrected chi connectivity index (χ3v) is 6.92. The molecular formula is C24H30N4O7. The number of hydrogen-bond acceptors (Lipinski definition) is 9. The van der Waals surface area contributed by atoms with Crippen molar-refractivity contribution in [3.8, 4) is 5.88 Å². The highest BCUT2D eigenvalue weighted by Crippen LogP contribution is 2.38. The Kier molecular flexibility index (Phi) is 6.36. The fourth-order valence-corrected chi connectivity index (χ4v) is 5.18. The van der Waals surface area contributed by atoms with E-state index in [1.54, 1.807) is 4.68 Å². The van der Waals surface area contributed by atoms with Crippen LogP contribution in [0.4, 0.5) is 0 Å². The molecule has 0 saturated carbocycles. The molecule has 1 unspecified atom stereocenters. The molecule has 4 heterocycles. The second kappa shape index (κ2) is 9.32. The van der Waals surface area contributed by atoms with Crippen LogP contribution in [0.1, 0.15) is 31.4 Å². The number of carboxylic acids is 1. The first-order chi connectivity index (χ1) is 16.8. The van der Waals surface area contributed by atoms with E-state index in [9.17, 15) is 25.2 Å². The summed E-state index contributed by atoms with van der Waals surface area (Å²) in [6.45, 7) is 5.19. The number of pyridine rings is 1. The quantitative estimate of drug-likeness (QED) is 0.390. The van der Waals surface area contributed by atoms with Gasteiger partial charge in [-0.2, -0.15) is 10.1 Å². The number of aliphatic carboxylic acids is 1. The van der Waals surface area contributed by atoms with E-state index in [1.165, 1.54) is 0 Å². The molecule has 5 rings (SSSR count). The Morgan fingerprint density at radius 3 is 2.63 bits per heavy atom. The minimum Gasteiger partial charge on any atom is -0.479 e. The van der Waals surface area contributed by atoms with Gasteiger partial charge in [-0.25, -0.2) is 4.79 Å². The maximum atomic E-state index is 11.5. The SMILES string of the molecule is CCCN1CCC(c2nn(C)c3nc(O[C@@H]4O[C@H](C(=O)O)[C@@H](O)[C@H](O)[C@H]4O)c4ccccc4c23)C1. The normalized spacial score (nSPS) is 29.7. The van der Waals surface area contributed by atoms with E-state index < -0.39 is 36.7 Å². The van der Waals surface area contributed by atoms with Gasteiger partial charge in [0.15, 0.2) is 11.8 Å². The third-order valence-electron chi connectivity index (χ3n) is 6.92. The predicted octanol–water partition coefficient (Wildman–Crippen LogP) is 0.592. The Labute approximate surface area is 201 Å². The Morgan fingerprint density at radius 2 is 1.91 bits per heavy atom. The van der Waals surface area contributed by atoms with Crippen molar-refractivity contribution in [2.75, 3.05) is 19.6 Å². The molecule has 6 atom stereocenters. The fourth-order valence-electron chi connectivity index (χ4n) is 5.18. The third kappa shape index (κ3) is 4.13. The molecule has 4 N–H and O–H groups in total. The molecule has 0 radical (unpaired) electrons. The molecule has 2 saturated heterocycles. The molecule has 2 aromatic heterocycles. The molecule has 2 fully saturated rings. The lowest BCUT2D eigenvalue weighted by molar-refractivity contribution is -0.271. The smallest absolute Gasteiger partial charge is 0.335 e. The highest BCUT2D eigenvalue weighted by atomic mass is 16.7. The Bertz CT molecular complexity index is 1250. The van der Waals surface area contributed by atoms with E-state index in [-0.39, 0.29) is 11.8 Å². The van der Waals surface area contributed by atoms with Crippen molar-refractivity contribution in [3.05, 3.63) is 30.0 Å². The maximum Gasteiger partial charge on any atom is 0.335 e. The van der Waals surface area contributed by atoms with Crippen LogP contribution in [0.15, 0.2) is 24.3 Å². The molecule has 11 heteroatoms. The van der Waals surface area contributed by atoms with Gasteiger partial charge in [-0.15, -0.1) is 0 Å². The van der Waals surface area contributed by atoms with Crippen LogP contribution in [-0.2, 0) is 16.6 Å². The van der Waals surface area contributed by atoms with Crippen LogP contribution in [-0.4, -0.2) is 96.4 Å². The number of benzene rings is 1. The number of rotatable bonds is 6. The number of aromatic nitrogens is 3. The first kappa shape index (κ1) is 23.9. The van der Waals surface area contributed by atoms with Gasteiger partial charge >= 0.3 is 5.97 Å². The van der Waals surface area contributed by atoms with Crippen LogP contribution in [0.5, 0.6) is 5.88 Å². The summed E-state index contributed by atoms with van der Waals surface area (Å²) in [4.78, 5) is 18.6. The molecule has 1 aromatic carbocycles. The van der Waals surface area contributed by atoms with Crippen molar-refractivity contribution in [2.45, 2.75) is 56.4 Å². The fraction of sp³-hybridized carbons (Fsp3) is 0.542. The Balaban J connectivity index is 1.55. The molecule has 35 heavy (non-hydrogen) atoms. The van der Waals surface area contributed by atoms with Crippen molar-refractivity contribution < 1.29 is 34.7 Å². The predicted molar refractivity (Wildman–Crippen MR) is 125 cm³/mol. The summed E-state index contributed by atoms with van der Waals surface area (Å²) < 4.78 is 12.9. The second-order valence-electron chi connectivity index (χ2n) is 9.31. The lowest BCUT2D eigenvalue weighted by Crippen LogP contribution is -2.61. The first-order valence-corrected chi connectivity index (χ1v) is 11.9. The number of nitrogens with zero attached hydrogens (tertiary/aromatic N) is 4. The van der Waals surface area contributed by atoms with Crippen LogP contribution in [0, 0.1) is 0 Å². The van der Waals surface area contributed by atoms with Crippen molar-refractivity contribution in [1.82, 2.24) is 19.7 Å². The summed E-state index contributed by atoms with van der Waals surface area (Å²) >= 11 is 0. The number of carbonyl (C=O) groups is 1. The zero-order valence-electron chi connectivity index (χ0n) is 19.6. The van der Waals surface area contributed by atoms with Crippen LogP contribution < -0.4 is 4.74 Å². The molecule has 0 amide bonds. The van der Waals surface area contributed by atoms with Crippen molar-refractivity contribution >= 4 is 27.8 Å². The average Bonchev–Trinajstić information content (AvgIpc) is 3.44. The van der Waals surface area contributed by atoms with E-state index in [1.807, 2.05) is 31.3 Å². The van der Waals surface area contributed by atoms with E-state index in [2.05, 4.69) is 16.8 Å². The van der Waals surface area contributed by atoms with Crippen LogP contribution in [0.2, 0.25) is 0 Å². The molecule has 2 aliphatic heterocycles. The molecule has 0 bridgehead atoms. The van der Waals surface area contributed by atoms with Crippen molar-refractivity contribution in [2.24, 2.45) is 7.05 Å². The Hall–Kier alpha value is -2.83. The van der Waals surface area contributed by atoms with Crippen LogP contribution >= 0.6 is 0 Å². The summed E-state index contributed by atoms with van der Waals surface area (Å²) in [5.41, 5.74) is 1.57. The molecule has 0 aliphatic carbocycles. The van der Waals surface area contributed by atoms with E-state index in [0.717, 1.165) is 48.9 Å². The average molecular weight is 487 g/mol. The van der Waals surface area contributed by atoms with Crippen molar-refractivity contribution in [1.29, 1.82) is 0 Å². The minimum atomic E-state index is -1.80. The number of aryl methyl sites for hydroxylation is 1. The van der Waals surface area contributed by atoms with Crippen molar-refractivity contribution in [3.63, 3.8) is 0 Å². The van der Waals surface area contributed by atoms with Gasteiger partial charge in [0, 0.05) is 24.9 Å². The number of ether oxygens (including phenoxy) is 2. The first-order valence-electron chi connectivity index (χ1n) is 11.9. The van der Waals surface area contributed by atoms with Gasteiger partial charge in [-0.3, -0.25) is 4.68 Å². The summed E-state index contributed by atoms with van der Waals surface area (Å²) in [5, 5.41) is 47.2. The Morgan fingerprint density at radius 1 is 1.17 bits per heavy atom. The van der Waals surface area contributed by atoms with Gasteiger partial charge in [-0.1, -0.05) is 25.1 Å². The summed E-state index contributed by atoms with van der Waals surface area (Å²) in [5.74, 6) is -1.09. The number of likely N-dealkylation sites (tertiary alicyclic amines) is 1. The number of hydrogen-bond donors (Lipinski definition) is 4. The van der Waals surface area contributed by atoms with Gasteiger partial charge in [-0.05, 0) is 37.4 Å². The van der Waals surface area contributed by atoms with Gasteiger partial charge < -0.3 is 34.8 Å². The molecule has 0 spiro atoms. The highest BCUT2D eigenvalue weighted by Gasteiger charge is 2.48. The molecule has 188 valence electrons. The minimum absolute atomic E-state index is 0.110. The highest BCUT2D eigenvalue weighted by molar-refractivity contribution is 6.08. The van der Waals surface area contributed by atoms with Crippen LogP contribution in [0.3, 0.4) is 0 Å². The molecule has 2 aliphatic rings. The molecule has 11 nitrogen and oxygen atoms in total. The number of aliphatic hydroxyl groups is 3. The van der Waals surface area contributed by atoms with Gasteiger partial charge in [0.2, 0.25) is 12.2 Å². The van der Waals surface area contributed by atoms with E-state index in [4.69, 9.17) is 14.6 Å². The monoisotopic (exact) mass is 486 g/mol. The van der Waals surface area contributed by atoms with Crippen LogP contribution in [0.25, 0.3) is 21.8 Å². The van der Waals surface area contributed by atoms with E-state index in [0.29, 0.717) is 11.0 Å². The summed E-state index contributed by atoms with van der Waals surface area (Å²) in [6, 6.07) is 7.51. The zero-order chi connectivity index (χ0) is 24.9. The van der Waals surface area contributed by atoms with Gasteiger partial charge in [0.25, 0.3) is 0 Å². The zero-order valence-corrected chi connectivity index (χ0v) is 19.6. The second-order valence-corrected chi connectivity index (χ2v) is 9.31. The molecule has 3 aromatic rings. The number of aliphatic hydroxyl groups excluding tert-OH is 3. The summed E-state index contributed by atoms with van der Waals surface area (Å²) in [7, 11) is 1.81. The topological polar surface area (TPSA) is 150 Å². The van der Waals surface area contributed by atoms with E-state index >= 15 is 0 Å².